The van der Waals surface area contributed by atoms with Crippen molar-refractivity contribution in [3.63, 3.8) is 0 Å². The third kappa shape index (κ3) is 3.22. The van der Waals surface area contributed by atoms with Crippen LogP contribution in [0.25, 0.3) is 0 Å². The van der Waals surface area contributed by atoms with Crippen molar-refractivity contribution in [3.8, 4) is 0 Å². The smallest absolute Gasteiger partial charge is 0.320 e. The van der Waals surface area contributed by atoms with Gasteiger partial charge in [0.25, 0.3) is 0 Å². The predicted molar refractivity (Wildman–Crippen MR) is 78.9 cm³/mol. The van der Waals surface area contributed by atoms with Gasteiger partial charge in [-0.2, -0.15) is 0 Å². The summed E-state index contributed by atoms with van der Waals surface area (Å²) in [4.78, 5) is 27.4. The molecule has 0 aliphatic carbocycles. The van der Waals surface area contributed by atoms with E-state index < -0.39 is 6.04 Å². The number of carbonyl (C=O) groups excluding carboxylic acids is 2. The second-order valence-electron chi connectivity index (χ2n) is 5.02. The highest BCUT2D eigenvalue weighted by molar-refractivity contribution is 6.30. The average Bonchev–Trinajstić information content (AvgIpc) is 2.89. The van der Waals surface area contributed by atoms with Gasteiger partial charge in [0.1, 0.15) is 6.04 Å². The molecule has 0 aromatic heterocycles. The molecule has 1 aromatic rings. The predicted octanol–water partition coefficient (Wildman–Crippen LogP) is 2.42. The van der Waals surface area contributed by atoms with Crippen molar-refractivity contribution in [2.75, 3.05) is 26.0 Å². The number of hydrogen-bond acceptors (Lipinski definition) is 2. The summed E-state index contributed by atoms with van der Waals surface area (Å²) in [6.45, 7) is 0.621. The van der Waals surface area contributed by atoms with E-state index in [1.54, 1.807) is 43.3 Å². The Balaban J connectivity index is 2.04. The van der Waals surface area contributed by atoms with Crippen molar-refractivity contribution in [1.82, 2.24) is 9.80 Å². The van der Waals surface area contributed by atoms with Gasteiger partial charge in [-0.1, -0.05) is 11.6 Å². The molecule has 0 spiro atoms. The van der Waals surface area contributed by atoms with Crippen molar-refractivity contribution in [2.24, 2.45) is 0 Å². The normalized spacial score (nSPS) is 17.9. The van der Waals surface area contributed by atoms with E-state index in [0.29, 0.717) is 23.7 Å². The highest BCUT2D eigenvalue weighted by Gasteiger charge is 2.34. The standard InChI is InChI=1S/C14H18ClN3O2/c1-17(2)14(20)18-9-3-4-12(18)13(19)16-11-7-5-10(15)6-8-11/h5-8,12H,3-4,9H2,1-2H3,(H,16,19)/t12-/m1/s1. The molecule has 108 valence electrons. The van der Waals surface area contributed by atoms with Gasteiger partial charge in [0.15, 0.2) is 0 Å². The Morgan fingerprint density at radius 2 is 1.95 bits per heavy atom. The first-order chi connectivity index (χ1) is 9.49. The first-order valence-corrected chi connectivity index (χ1v) is 6.91. The molecular weight excluding hydrogens is 278 g/mol. The topological polar surface area (TPSA) is 52.7 Å². The van der Waals surface area contributed by atoms with Crippen LogP contribution in [0.1, 0.15) is 12.8 Å². The molecule has 1 N–H and O–H groups in total. The van der Waals surface area contributed by atoms with E-state index in [2.05, 4.69) is 5.32 Å². The molecule has 0 saturated carbocycles. The maximum Gasteiger partial charge on any atom is 0.320 e. The van der Waals surface area contributed by atoms with Gasteiger partial charge in [-0.25, -0.2) is 4.79 Å². The highest BCUT2D eigenvalue weighted by atomic mass is 35.5. The second-order valence-corrected chi connectivity index (χ2v) is 5.46. The summed E-state index contributed by atoms with van der Waals surface area (Å²) < 4.78 is 0. The zero-order valence-corrected chi connectivity index (χ0v) is 12.4. The fourth-order valence-corrected chi connectivity index (χ4v) is 2.41. The molecule has 0 unspecified atom stereocenters. The minimum Gasteiger partial charge on any atom is -0.331 e. The number of hydrogen-bond donors (Lipinski definition) is 1. The SMILES string of the molecule is CN(C)C(=O)N1CCC[C@@H]1C(=O)Nc1ccc(Cl)cc1. The average molecular weight is 296 g/mol. The molecule has 3 amide bonds. The van der Waals surface area contributed by atoms with Crippen molar-refractivity contribution in [3.05, 3.63) is 29.3 Å². The summed E-state index contributed by atoms with van der Waals surface area (Å²) in [5, 5.41) is 3.44. The molecule has 1 aliphatic rings. The number of amides is 3. The van der Waals surface area contributed by atoms with E-state index in [1.165, 1.54) is 4.90 Å². The molecule has 1 saturated heterocycles. The minimum atomic E-state index is -0.402. The molecule has 1 heterocycles. The van der Waals surface area contributed by atoms with Crippen LogP contribution in [0.3, 0.4) is 0 Å². The van der Waals surface area contributed by atoms with Crippen molar-refractivity contribution >= 4 is 29.2 Å². The van der Waals surface area contributed by atoms with Crippen LogP contribution in [-0.4, -0.2) is 48.4 Å². The second kappa shape index (κ2) is 6.13. The molecule has 0 radical (unpaired) electrons. The summed E-state index contributed by atoms with van der Waals surface area (Å²) >= 11 is 5.80. The molecule has 1 atom stereocenters. The molecule has 1 aromatic carbocycles. The first-order valence-electron chi connectivity index (χ1n) is 6.53. The first kappa shape index (κ1) is 14.7. The van der Waals surface area contributed by atoms with Crippen LogP contribution in [-0.2, 0) is 4.79 Å². The zero-order chi connectivity index (χ0) is 14.7. The maximum absolute atomic E-state index is 12.3. The molecule has 6 heteroatoms. The lowest BCUT2D eigenvalue weighted by molar-refractivity contribution is -0.119. The Labute approximate surface area is 123 Å². The summed E-state index contributed by atoms with van der Waals surface area (Å²) in [5.41, 5.74) is 0.684. The van der Waals surface area contributed by atoms with Crippen LogP contribution >= 0.6 is 11.6 Å². The third-order valence-electron chi connectivity index (χ3n) is 3.30. The van der Waals surface area contributed by atoms with Gasteiger partial charge < -0.3 is 15.1 Å². The number of nitrogens with zero attached hydrogens (tertiary/aromatic N) is 2. The van der Waals surface area contributed by atoms with E-state index in [0.717, 1.165) is 6.42 Å². The number of likely N-dealkylation sites (tertiary alicyclic amines) is 1. The Kier molecular flexibility index (Phi) is 4.49. The number of urea groups is 1. The van der Waals surface area contributed by atoms with Crippen LogP contribution in [0.5, 0.6) is 0 Å². The third-order valence-corrected chi connectivity index (χ3v) is 3.55. The Bertz CT molecular complexity index is 502. The van der Waals surface area contributed by atoms with Gasteiger partial charge >= 0.3 is 6.03 Å². The maximum atomic E-state index is 12.3. The lowest BCUT2D eigenvalue weighted by Crippen LogP contribution is -2.47. The zero-order valence-electron chi connectivity index (χ0n) is 11.6. The van der Waals surface area contributed by atoms with E-state index >= 15 is 0 Å². The molecule has 1 fully saturated rings. The highest BCUT2D eigenvalue weighted by Crippen LogP contribution is 2.21. The number of nitrogens with one attached hydrogen (secondary N) is 1. The van der Waals surface area contributed by atoms with Crippen LogP contribution in [0.4, 0.5) is 10.5 Å². The van der Waals surface area contributed by atoms with E-state index in [-0.39, 0.29) is 11.9 Å². The summed E-state index contributed by atoms with van der Waals surface area (Å²) in [7, 11) is 3.38. The molecule has 1 aliphatic heterocycles. The Hall–Kier alpha value is -1.75. The lowest BCUT2D eigenvalue weighted by Gasteiger charge is -2.26. The summed E-state index contributed by atoms with van der Waals surface area (Å²) in [6.07, 6.45) is 1.54. The number of rotatable bonds is 2. The Morgan fingerprint density at radius 1 is 1.30 bits per heavy atom. The number of benzene rings is 1. The van der Waals surface area contributed by atoms with Crippen LogP contribution < -0.4 is 5.32 Å². The number of anilines is 1. The molecule has 0 bridgehead atoms. The number of halogens is 1. The molecular formula is C14H18ClN3O2. The van der Waals surface area contributed by atoms with Gasteiger partial charge in [-0.05, 0) is 37.1 Å². The number of carbonyl (C=O) groups is 2. The fourth-order valence-electron chi connectivity index (χ4n) is 2.28. The molecule has 5 nitrogen and oxygen atoms in total. The largest absolute Gasteiger partial charge is 0.331 e. The van der Waals surface area contributed by atoms with Gasteiger partial charge in [0, 0.05) is 31.4 Å². The fraction of sp³-hybridized carbons (Fsp3) is 0.429. The van der Waals surface area contributed by atoms with Crippen LogP contribution in [0.15, 0.2) is 24.3 Å². The van der Waals surface area contributed by atoms with Crippen molar-refractivity contribution < 1.29 is 9.59 Å². The van der Waals surface area contributed by atoms with E-state index in [4.69, 9.17) is 11.6 Å². The quantitative estimate of drug-likeness (QED) is 0.911. The molecule has 20 heavy (non-hydrogen) atoms. The van der Waals surface area contributed by atoms with Gasteiger partial charge in [-0.15, -0.1) is 0 Å². The Morgan fingerprint density at radius 3 is 2.55 bits per heavy atom. The lowest BCUT2D eigenvalue weighted by atomic mass is 10.2. The van der Waals surface area contributed by atoms with Crippen molar-refractivity contribution in [1.29, 1.82) is 0 Å². The van der Waals surface area contributed by atoms with Crippen LogP contribution in [0.2, 0.25) is 5.02 Å². The minimum absolute atomic E-state index is 0.126. The van der Waals surface area contributed by atoms with Gasteiger partial charge in [0.2, 0.25) is 5.91 Å². The van der Waals surface area contributed by atoms with Crippen molar-refractivity contribution in [2.45, 2.75) is 18.9 Å². The molecule has 2 rings (SSSR count). The summed E-state index contributed by atoms with van der Waals surface area (Å²) in [5.74, 6) is -0.153. The monoisotopic (exact) mass is 295 g/mol. The van der Waals surface area contributed by atoms with Gasteiger partial charge in [-0.3, -0.25) is 4.79 Å². The van der Waals surface area contributed by atoms with E-state index in [1.807, 2.05) is 0 Å². The van der Waals surface area contributed by atoms with Crippen LogP contribution in [0, 0.1) is 0 Å². The summed E-state index contributed by atoms with van der Waals surface area (Å²) in [6, 6.07) is 6.39. The van der Waals surface area contributed by atoms with Gasteiger partial charge in [0.05, 0.1) is 0 Å². The van der Waals surface area contributed by atoms with E-state index in [9.17, 15) is 9.59 Å².